The second-order valence-corrected chi connectivity index (χ2v) is 1.99. The Balaban J connectivity index is 3.40. The van der Waals surface area contributed by atoms with E-state index >= 15 is 0 Å². The van der Waals surface area contributed by atoms with Crippen LogP contribution >= 0.6 is 0 Å². The normalized spacial score (nSPS) is 8.83. The minimum absolute atomic E-state index is 0.243. The molecule has 0 rings (SSSR count). The summed E-state index contributed by atoms with van der Waals surface area (Å²) >= 11 is 0. The highest BCUT2D eigenvalue weighted by atomic mass is 16.7. The van der Waals surface area contributed by atoms with Crippen molar-refractivity contribution in [3.8, 4) is 0 Å². The standard InChI is InChI=1S/C6H12N2O4/c1-2-3-4-11-6(10)12-5(9)8-7/h2-4,7H2,1H3,(H,8,9). The quantitative estimate of drug-likeness (QED) is 0.163. The Morgan fingerprint density at radius 2 is 2.17 bits per heavy atom. The molecule has 1 amide bonds. The molecule has 0 spiro atoms. The number of ether oxygens (including phenoxy) is 2. The van der Waals surface area contributed by atoms with Crippen molar-refractivity contribution in [2.45, 2.75) is 19.8 Å². The van der Waals surface area contributed by atoms with E-state index in [1.165, 1.54) is 0 Å². The molecule has 0 fully saturated rings. The van der Waals surface area contributed by atoms with Gasteiger partial charge in [0.2, 0.25) is 0 Å². The third-order valence-electron chi connectivity index (χ3n) is 1.01. The van der Waals surface area contributed by atoms with Gasteiger partial charge in [0.25, 0.3) is 0 Å². The summed E-state index contributed by atoms with van der Waals surface area (Å²) in [6.45, 7) is 2.19. The number of nitrogens with one attached hydrogen (secondary N) is 1. The average Bonchev–Trinajstić information content (AvgIpc) is 2.05. The van der Waals surface area contributed by atoms with Crippen molar-refractivity contribution < 1.29 is 19.1 Å². The highest BCUT2D eigenvalue weighted by Crippen LogP contribution is 1.91. The zero-order chi connectivity index (χ0) is 9.40. The van der Waals surface area contributed by atoms with Crippen molar-refractivity contribution in [1.29, 1.82) is 0 Å². The molecule has 0 atom stereocenters. The molecule has 0 radical (unpaired) electrons. The van der Waals surface area contributed by atoms with Crippen LogP contribution < -0.4 is 11.3 Å². The number of hydrogen-bond donors (Lipinski definition) is 2. The molecule has 0 aromatic heterocycles. The summed E-state index contributed by atoms with van der Waals surface area (Å²) in [6, 6.07) is 0. The van der Waals surface area contributed by atoms with Gasteiger partial charge in [-0.3, -0.25) is 5.43 Å². The lowest BCUT2D eigenvalue weighted by molar-refractivity contribution is 0.0741. The molecule has 0 saturated heterocycles. The number of nitrogens with two attached hydrogens (primary N) is 1. The molecule has 0 aromatic carbocycles. The van der Waals surface area contributed by atoms with Crippen molar-refractivity contribution in [3.63, 3.8) is 0 Å². The van der Waals surface area contributed by atoms with Crippen LogP contribution in [-0.2, 0) is 9.47 Å². The number of amides is 1. The van der Waals surface area contributed by atoms with Crippen LogP contribution in [0.25, 0.3) is 0 Å². The number of rotatable bonds is 3. The van der Waals surface area contributed by atoms with Gasteiger partial charge in [0.15, 0.2) is 0 Å². The van der Waals surface area contributed by atoms with Gasteiger partial charge in [0.05, 0.1) is 6.61 Å². The molecule has 0 saturated carbocycles. The average molecular weight is 176 g/mol. The van der Waals surface area contributed by atoms with Crippen molar-refractivity contribution in [2.75, 3.05) is 6.61 Å². The highest BCUT2D eigenvalue weighted by molar-refractivity contribution is 5.79. The Bertz CT molecular complexity index is 160. The van der Waals surface area contributed by atoms with Crippen LogP contribution in [0.5, 0.6) is 0 Å². The topological polar surface area (TPSA) is 90.6 Å². The lowest BCUT2D eigenvalue weighted by Crippen LogP contribution is -2.32. The second kappa shape index (κ2) is 6.41. The summed E-state index contributed by atoms with van der Waals surface area (Å²) in [4.78, 5) is 20.8. The Morgan fingerprint density at radius 1 is 1.50 bits per heavy atom. The van der Waals surface area contributed by atoms with Crippen LogP contribution in [0, 0.1) is 0 Å². The van der Waals surface area contributed by atoms with Crippen molar-refractivity contribution in [3.05, 3.63) is 0 Å². The Kier molecular flexibility index (Phi) is 5.72. The van der Waals surface area contributed by atoms with Crippen LogP contribution in [0.1, 0.15) is 19.8 Å². The summed E-state index contributed by atoms with van der Waals surface area (Å²) in [5, 5.41) is 0. The van der Waals surface area contributed by atoms with E-state index in [0.29, 0.717) is 0 Å². The lowest BCUT2D eigenvalue weighted by Gasteiger charge is -2.02. The lowest BCUT2D eigenvalue weighted by atomic mass is 10.4. The van der Waals surface area contributed by atoms with Gasteiger partial charge in [-0.2, -0.15) is 0 Å². The first-order chi connectivity index (χ1) is 5.70. The number of carbonyl (C=O) groups is 2. The maximum Gasteiger partial charge on any atom is 0.517 e. The van der Waals surface area contributed by atoms with Gasteiger partial charge < -0.3 is 9.47 Å². The fourth-order valence-electron chi connectivity index (χ4n) is 0.434. The van der Waals surface area contributed by atoms with Gasteiger partial charge in [0.1, 0.15) is 0 Å². The largest absolute Gasteiger partial charge is 0.517 e. The third-order valence-corrected chi connectivity index (χ3v) is 1.01. The first-order valence-corrected chi connectivity index (χ1v) is 3.56. The molecule has 0 heterocycles. The smallest absolute Gasteiger partial charge is 0.434 e. The molecular weight excluding hydrogens is 164 g/mol. The molecule has 70 valence electrons. The number of hydrogen-bond acceptors (Lipinski definition) is 5. The number of hydrazine groups is 1. The molecule has 0 aromatic rings. The van der Waals surface area contributed by atoms with Gasteiger partial charge in [-0.15, -0.1) is 0 Å². The maximum atomic E-state index is 10.5. The minimum Gasteiger partial charge on any atom is -0.434 e. The van der Waals surface area contributed by atoms with Crippen molar-refractivity contribution in [2.24, 2.45) is 5.84 Å². The van der Waals surface area contributed by atoms with Crippen LogP contribution in [0.2, 0.25) is 0 Å². The van der Waals surface area contributed by atoms with E-state index in [1.54, 1.807) is 5.43 Å². The summed E-state index contributed by atoms with van der Waals surface area (Å²) in [6.07, 6.45) is -0.432. The zero-order valence-corrected chi connectivity index (χ0v) is 6.83. The van der Waals surface area contributed by atoms with Crippen molar-refractivity contribution in [1.82, 2.24) is 5.43 Å². The minimum atomic E-state index is -1.04. The summed E-state index contributed by atoms with van der Waals surface area (Å²) in [5.74, 6) is 4.64. The van der Waals surface area contributed by atoms with Gasteiger partial charge in [0, 0.05) is 0 Å². The van der Waals surface area contributed by atoms with E-state index in [4.69, 9.17) is 0 Å². The van der Waals surface area contributed by atoms with E-state index in [2.05, 4.69) is 15.3 Å². The molecule has 0 unspecified atom stereocenters. The molecule has 6 nitrogen and oxygen atoms in total. The van der Waals surface area contributed by atoms with Gasteiger partial charge in [-0.25, -0.2) is 15.4 Å². The van der Waals surface area contributed by atoms with Gasteiger partial charge >= 0.3 is 12.2 Å². The van der Waals surface area contributed by atoms with Crippen LogP contribution in [0.3, 0.4) is 0 Å². The molecule has 6 heteroatoms. The fraction of sp³-hybridized carbons (Fsp3) is 0.667. The van der Waals surface area contributed by atoms with Gasteiger partial charge in [-0.05, 0) is 6.42 Å². The predicted octanol–water partition coefficient (Wildman–Crippen LogP) is 0.523. The van der Waals surface area contributed by atoms with Crippen LogP contribution in [0.15, 0.2) is 0 Å². The molecule has 0 aliphatic heterocycles. The van der Waals surface area contributed by atoms with Gasteiger partial charge in [-0.1, -0.05) is 13.3 Å². The summed E-state index contributed by atoms with van der Waals surface area (Å²) < 4.78 is 8.49. The first-order valence-electron chi connectivity index (χ1n) is 3.56. The Labute approximate surface area is 70.0 Å². The molecule has 12 heavy (non-hydrogen) atoms. The third kappa shape index (κ3) is 5.48. The van der Waals surface area contributed by atoms with E-state index in [-0.39, 0.29) is 6.61 Å². The van der Waals surface area contributed by atoms with Crippen molar-refractivity contribution >= 4 is 12.2 Å². The van der Waals surface area contributed by atoms with E-state index in [1.807, 2.05) is 6.92 Å². The maximum absolute atomic E-state index is 10.5. The van der Waals surface area contributed by atoms with E-state index in [0.717, 1.165) is 12.8 Å². The fourth-order valence-corrected chi connectivity index (χ4v) is 0.434. The first kappa shape index (κ1) is 10.7. The number of carbonyl (C=O) groups excluding carboxylic acids is 2. The van der Waals surface area contributed by atoms with Crippen LogP contribution in [-0.4, -0.2) is 18.9 Å². The monoisotopic (exact) mass is 176 g/mol. The van der Waals surface area contributed by atoms with E-state index in [9.17, 15) is 9.59 Å². The molecule has 0 bridgehead atoms. The molecule has 3 N–H and O–H groups in total. The number of unbranched alkanes of at least 4 members (excludes halogenated alkanes) is 1. The highest BCUT2D eigenvalue weighted by Gasteiger charge is 2.08. The summed E-state index contributed by atoms with van der Waals surface area (Å²) in [7, 11) is 0. The molecule has 0 aliphatic rings. The molecule has 0 aliphatic carbocycles. The van der Waals surface area contributed by atoms with E-state index < -0.39 is 12.2 Å². The molecular formula is C6H12N2O4. The Morgan fingerprint density at radius 3 is 2.67 bits per heavy atom. The Hall–Kier alpha value is -1.30. The zero-order valence-electron chi connectivity index (χ0n) is 6.83. The summed E-state index contributed by atoms with van der Waals surface area (Å²) in [5.41, 5.74) is 1.62. The SMILES string of the molecule is CCCCOC(=O)OC(=O)NN. The second-order valence-electron chi connectivity index (χ2n) is 1.99. The predicted molar refractivity (Wildman–Crippen MR) is 40.1 cm³/mol. The van der Waals surface area contributed by atoms with Crippen LogP contribution in [0.4, 0.5) is 9.59 Å².